The summed E-state index contributed by atoms with van der Waals surface area (Å²) in [7, 11) is 0. The Labute approximate surface area is 163 Å². The second kappa shape index (κ2) is 7.55. The number of benzene rings is 2. The van der Waals surface area contributed by atoms with Crippen molar-refractivity contribution in [1.82, 2.24) is 10.1 Å². The Bertz CT molecular complexity index is 1040. The molecule has 0 saturated carbocycles. The smallest absolute Gasteiger partial charge is 0.338 e. The van der Waals surface area contributed by atoms with Crippen LogP contribution in [0.3, 0.4) is 0 Å². The molecule has 1 aromatic heterocycles. The number of carbonyl (C=O) groups is 1. The number of hydrogen-bond donors (Lipinski definition) is 0. The van der Waals surface area contributed by atoms with Crippen LogP contribution in [0.1, 0.15) is 15.9 Å². The van der Waals surface area contributed by atoms with Crippen molar-refractivity contribution in [2.75, 3.05) is 13.3 Å². The van der Waals surface area contributed by atoms with E-state index in [0.717, 1.165) is 5.56 Å². The summed E-state index contributed by atoms with van der Waals surface area (Å²) in [6, 6.07) is 9.73. The molecule has 0 N–H and O–H groups in total. The maximum Gasteiger partial charge on any atom is 0.338 e. The molecule has 2 heterocycles. The summed E-state index contributed by atoms with van der Waals surface area (Å²) in [6.45, 7) is -1.71. The normalized spacial score (nSPS) is 12.9. The lowest BCUT2D eigenvalue weighted by atomic mass is 10.1. The van der Waals surface area contributed by atoms with Crippen LogP contribution in [-0.4, -0.2) is 35.6 Å². The van der Waals surface area contributed by atoms with Gasteiger partial charge in [-0.2, -0.15) is 4.98 Å². The monoisotopic (exact) mass is 406 g/mol. The molecular formula is C19H13ClF2N2O4. The number of carbonyl (C=O) groups excluding carboxylic acids is 1. The zero-order chi connectivity index (χ0) is 19.7. The van der Waals surface area contributed by atoms with Gasteiger partial charge in [-0.05, 0) is 30.3 Å². The van der Waals surface area contributed by atoms with Crippen molar-refractivity contribution < 1.29 is 27.6 Å². The molecule has 6 nitrogen and oxygen atoms in total. The van der Waals surface area contributed by atoms with Crippen molar-refractivity contribution >= 4 is 17.6 Å². The van der Waals surface area contributed by atoms with Crippen molar-refractivity contribution in [3.05, 3.63) is 52.5 Å². The fraction of sp³-hybridized carbons (Fsp3) is 0.211. The number of ether oxygens (including phenoxy) is 2. The lowest BCUT2D eigenvalue weighted by Crippen LogP contribution is -2.21. The minimum absolute atomic E-state index is 0.161. The van der Waals surface area contributed by atoms with Crippen LogP contribution < -0.4 is 4.74 Å². The van der Waals surface area contributed by atoms with E-state index in [4.69, 9.17) is 25.6 Å². The number of aromatic nitrogens is 2. The zero-order valence-electron chi connectivity index (χ0n) is 14.3. The van der Waals surface area contributed by atoms with Crippen molar-refractivity contribution in [2.24, 2.45) is 0 Å². The molecule has 0 amide bonds. The van der Waals surface area contributed by atoms with Crippen molar-refractivity contribution in [2.45, 2.75) is 12.7 Å². The standard InChI is InChI=1S/C19H13ClF2N2O4/c20-15-6-11(2-4-16(15)27-13(7-21)8-22)18-23-17(24-28-18)10-1-3-14-12(5-10)9-26-19(14)25/h1-6,13H,7-9H2. The van der Waals surface area contributed by atoms with E-state index in [1.165, 1.54) is 12.1 Å². The van der Waals surface area contributed by atoms with Crippen molar-refractivity contribution in [3.63, 3.8) is 0 Å². The van der Waals surface area contributed by atoms with Crippen LogP contribution in [0.25, 0.3) is 22.8 Å². The van der Waals surface area contributed by atoms with Gasteiger partial charge in [-0.3, -0.25) is 0 Å². The van der Waals surface area contributed by atoms with E-state index < -0.39 is 19.5 Å². The maximum absolute atomic E-state index is 12.6. The summed E-state index contributed by atoms with van der Waals surface area (Å²) < 4.78 is 40.7. The first-order valence-corrected chi connectivity index (χ1v) is 8.69. The van der Waals surface area contributed by atoms with E-state index in [1.54, 1.807) is 24.3 Å². The number of alkyl halides is 2. The lowest BCUT2D eigenvalue weighted by molar-refractivity contribution is 0.0535. The lowest BCUT2D eigenvalue weighted by Gasteiger charge is -2.13. The Kier molecular flexibility index (Phi) is 4.95. The van der Waals surface area contributed by atoms with Crippen molar-refractivity contribution in [1.29, 1.82) is 0 Å². The Hall–Kier alpha value is -3.00. The van der Waals surface area contributed by atoms with Gasteiger partial charge < -0.3 is 14.0 Å². The maximum atomic E-state index is 12.6. The molecule has 0 fully saturated rings. The molecule has 144 valence electrons. The molecule has 4 rings (SSSR count). The quantitative estimate of drug-likeness (QED) is 0.564. The van der Waals surface area contributed by atoms with Crippen LogP contribution in [0.2, 0.25) is 5.02 Å². The molecule has 0 saturated heterocycles. The first kappa shape index (κ1) is 18.4. The minimum atomic E-state index is -1.20. The highest BCUT2D eigenvalue weighted by Crippen LogP contribution is 2.32. The average molecular weight is 407 g/mol. The summed E-state index contributed by atoms with van der Waals surface area (Å²) in [4.78, 5) is 15.9. The van der Waals surface area contributed by atoms with Gasteiger partial charge in [0.15, 0.2) is 6.10 Å². The fourth-order valence-electron chi connectivity index (χ4n) is 2.74. The number of fused-ring (bicyclic) bond motifs is 1. The molecule has 0 atom stereocenters. The van der Waals surface area contributed by atoms with Gasteiger partial charge >= 0.3 is 5.97 Å². The Morgan fingerprint density at radius 2 is 1.93 bits per heavy atom. The van der Waals surface area contributed by atoms with Gasteiger partial charge in [-0.1, -0.05) is 22.8 Å². The van der Waals surface area contributed by atoms with E-state index in [2.05, 4.69) is 10.1 Å². The van der Waals surface area contributed by atoms with Crippen LogP contribution in [-0.2, 0) is 11.3 Å². The van der Waals surface area contributed by atoms with Crippen LogP contribution in [0.5, 0.6) is 5.75 Å². The summed E-state index contributed by atoms with van der Waals surface area (Å²) >= 11 is 6.13. The Balaban J connectivity index is 1.58. The highest BCUT2D eigenvalue weighted by atomic mass is 35.5. The summed E-state index contributed by atoms with van der Waals surface area (Å²) in [5.74, 6) is 0.358. The molecule has 0 unspecified atom stereocenters. The number of esters is 1. The first-order valence-electron chi connectivity index (χ1n) is 8.31. The summed E-state index contributed by atoms with van der Waals surface area (Å²) in [5.41, 5.74) is 2.48. The molecule has 2 aromatic carbocycles. The van der Waals surface area contributed by atoms with Crippen LogP contribution >= 0.6 is 11.6 Å². The largest absolute Gasteiger partial charge is 0.483 e. The van der Waals surface area contributed by atoms with Gasteiger partial charge in [-0.15, -0.1) is 0 Å². The third-order valence-corrected chi connectivity index (χ3v) is 4.48. The summed E-state index contributed by atoms with van der Waals surface area (Å²) in [5, 5.41) is 4.11. The highest BCUT2D eigenvalue weighted by Gasteiger charge is 2.22. The molecular weight excluding hydrogens is 394 g/mol. The van der Waals surface area contributed by atoms with Crippen LogP contribution in [0.4, 0.5) is 8.78 Å². The fourth-order valence-corrected chi connectivity index (χ4v) is 2.97. The predicted octanol–water partition coefficient (Wildman–Crippen LogP) is 4.41. The number of nitrogens with zero attached hydrogens (tertiary/aromatic N) is 2. The number of halogens is 3. The second-order valence-electron chi connectivity index (χ2n) is 6.06. The highest BCUT2D eigenvalue weighted by molar-refractivity contribution is 6.32. The number of hydrogen-bond acceptors (Lipinski definition) is 6. The third-order valence-electron chi connectivity index (χ3n) is 4.18. The minimum Gasteiger partial charge on any atom is -0.483 e. The third kappa shape index (κ3) is 3.43. The van der Waals surface area contributed by atoms with Gasteiger partial charge in [0.2, 0.25) is 5.82 Å². The molecule has 1 aliphatic rings. The molecule has 9 heteroatoms. The molecule has 0 aliphatic carbocycles. The van der Waals surface area contributed by atoms with Gasteiger partial charge in [0.1, 0.15) is 25.7 Å². The SMILES string of the molecule is O=C1OCc2cc(-c3noc(-c4ccc(OC(CF)CF)c(Cl)c4)n3)ccc21. The van der Waals surface area contributed by atoms with Gasteiger partial charge in [0.05, 0.1) is 10.6 Å². The van der Waals surface area contributed by atoms with E-state index in [1.807, 2.05) is 0 Å². The van der Waals surface area contributed by atoms with Gasteiger partial charge in [0, 0.05) is 16.7 Å². The topological polar surface area (TPSA) is 74.5 Å². The Morgan fingerprint density at radius 1 is 1.14 bits per heavy atom. The first-order chi connectivity index (χ1) is 13.6. The average Bonchev–Trinajstić information content (AvgIpc) is 3.34. The van der Waals surface area contributed by atoms with E-state index in [9.17, 15) is 13.6 Å². The molecule has 0 bridgehead atoms. The number of rotatable bonds is 6. The molecule has 0 radical (unpaired) electrons. The number of cyclic esters (lactones) is 1. The van der Waals surface area contributed by atoms with E-state index in [0.29, 0.717) is 22.5 Å². The van der Waals surface area contributed by atoms with Crippen LogP contribution in [0.15, 0.2) is 40.9 Å². The van der Waals surface area contributed by atoms with Crippen molar-refractivity contribution in [3.8, 4) is 28.6 Å². The van der Waals surface area contributed by atoms with Crippen LogP contribution in [0, 0.1) is 0 Å². The van der Waals surface area contributed by atoms with E-state index >= 15 is 0 Å². The second-order valence-corrected chi connectivity index (χ2v) is 6.47. The molecule has 28 heavy (non-hydrogen) atoms. The zero-order valence-corrected chi connectivity index (χ0v) is 15.1. The predicted molar refractivity (Wildman–Crippen MR) is 95.7 cm³/mol. The molecule has 1 aliphatic heterocycles. The van der Waals surface area contributed by atoms with Gasteiger partial charge in [-0.25, -0.2) is 13.6 Å². The molecule has 0 spiro atoms. The summed E-state index contributed by atoms with van der Waals surface area (Å²) in [6.07, 6.45) is -1.20. The van der Waals surface area contributed by atoms with Gasteiger partial charge in [0.25, 0.3) is 5.89 Å². The molecule has 3 aromatic rings. The Morgan fingerprint density at radius 3 is 2.68 bits per heavy atom. The van der Waals surface area contributed by atoms with E-state index in [-0.39, 0.29) is 29.2 Å².